The molecule has 0 saturated carbocycles. The number of carbonyl (C=O) groups excluding carboxylic acids is 2. The molecule has 5 nitrogen and oxygen atoms in total. The molecule has 3 aromatic carbocycles. The second-order valence-electron chi connectivity index (χ2n) is 6.31. The third-order valence-electron chi connectivity index (χ3n) is 3.96. The second kappa shape index (κ2) is 9.71. The maximum atomic E-state index is 12.3. The number of carbonyl (C=O) groups is 2. The van der Waals surface area contributed by atoms with Gasteiger partial charge in [-0.05, 0) is 77.5 Å². The highest BCUT2D eigenvalue weighted by Crippen LogP contribution is 2.28. The zero-order chi connectivity index (χ0) is 20.8. The first-order valence-corrected chi connectivity index (χ1v) is 10.3. The van der Waals surface area contributed by atoms with Crippen LogP contribution in [0.2, 0.25) is 0 Å². The van der Waals surface area contributed by atoms with Gasteiger partial charge in [-0.1, -0.05) is 33.6 Å². The van der Waals surface area contributed by atoms with E-state index in [0.29, 0.717) is 22.7 Å². The maximum absolute atomic E-state index is 12.3. The Labute approximate surface area is 185 Å². The SMILES string of the molecule is Cc1cccc(C(=O)Nc2ccc(NC(=O)COc3ccc(Br)cc3Br)cc2)c1. The number of amides is 2. The highest BCUT2D eigenvalue weighted by Gasteiger charge is 2.08. The number of hydrogen-bond acceptors (Lipinski definition) is 3. The second-order valence-corrected chi connectivity index (χ2v) is 8.08. The summed E-state index contributed by atoms with van der Waals surface area (Å²) in [4.78, 5) is 24.4. The van der Waals surface area contributed by atoms with Crippen LogP contribution in [0.4, 0.5) is 11.4 Å². The van der Waals surface area contributed by atoms with Crippen LogP contribution in [0.15, 0.2) is 75.7 Å². The largest absolute Gasteiger partial charge is 0.483 e. The Morgan fingerprint density at radius 1 is 0.897 bits per heavy atom. The van der Waals surface area contributed by atoms with Crippen LogP contribution >= 0.6 is 31.9 Å². The van der Waals surface area contributed by atoms with Crippen molar-refractivity contribution < 1.29 is 14.3 Å². The van der Waals surface area contributed by atoms with Crippen molar-refractivity contribution in [1.29, 1.82) is 0 Å². The van der Waals surface area contributed by atoms with E-state index in [1.165, 1.54) is 0 Å². The van der Waals surface area contributed by atoms with Crippen molar-refractivity contribution in [2.24, 2.45) is 0 Å². The molecule has 0 saturated heterocycles. The van der Waals surface area contributed by atoms with Crippen LogP contribution in [0.1, 0.15) is 15.9 Å². The van der Waals surface area contributed by atoms with Crippen molar-refractivity contribution in [2.75, 3.05) is 17.2 Å². The van der Waals surface area contributed by atoms with E-state index >= 15 is 0 Å². The number of hydrogen-bond donors (Lipinski definition) is 2. The van der Waals surface area contributed by atoms with Gasteiger partial charge in [-0.15, -0.1) is 0 Å². The van der Waals surface area contributed by atoms with Crippen LogP contribution < -0.4 is 15.4 Å². The summed E-state index contributed by atoms with van der Waals surface area (Å²) in [5, 5.41) is 5.60. The lowest BCUT2D eigenvalue weighted by atomic mass is 10.1. The Morgan fingerprint density at radius 2 is 1.59 bits per heavy atom. The minimum absolute atomic E-state index is 0.119. The maximum Gasteiger partial charge on any atom is 0.262 e. The average Bonchev–Trinajstić information content (AvgIpc) is 2.69. The zero-order valence-corrected chi connectivity index (χ0v) is 18.7. The Hall–Kier alpha value is -2.64. The molecule has 0 unspecified atom stereocenters. The van der Waals surface area contributed by atoms with Gasteiger partial charge in [-0.2, -0.15) is 0 Å². The van der Waals surface area contributed by atoms with E-state index in [1.807, 2.05) is 37.3 Å². The van der Waals surface area contributed by atoms with Crippen LogP contribution in [0.25, 0.3) is 0 Å². The average molecular weight is 518 g/mol. The van der Waals surface area contributed by atoms with Gasteiger partial charge >= 0.3 is 0 Å². The Morgan fingerprint density at radius 3 is 2.24 bits per heavy atom. The molecule has 3 rings (SSSR count). The van der Waals surface area contributed by atoms with Crippen molar-refractivity contribution >= 4 is 55.0 Å². The Bertz CT molecular complexity index is 1040. The molecular weight excluding hydrogens is 500 g/mol. The summed E-state index contributed by atoms with van der Waals surface area (Å²) in [5.41, 5.74) is 2.87. The fraction of sp³-hybridized carbons (Fsp3) is 0.0909. The van der Waals surface area contributed by atoms with Crippen molar-refractivity contribution in [3.63, 3.8) is 0 Å². The number of nitrogens with one attached hydrogen (secondary N) is 2. The predicted molar refractivity (Wildman–Crippen MR) is 122 cm³/mol. The Kier molecular flexibility index (Phi) is 7.06. The van der Waals surface area contributed by atoms with E-state index in [0.717, 1.165) is 14.5 Å². The number of halogens is 2. The summed E-state index contributed by atoms with van der Waals surface area (Å²) in [6.07, 6.45) is 0. The molecule has 2 N–H and O–H groups in total. The molecule has 0 aliphatic heterocycles. The molecule has 0 aromatic heterocycles. The van der Waals surface area contributed by atoms with E-state index in [-0.39, 0.29) is 18.4 Å². The number of anilines is 2. The molecule has 148 valence electrons. The first-order chi connectivity index (χ1) is 13.9. The third-order valence-corrected chi connectivity index (χ3v) is 5.07. The first-order valence-electron chi connectivity index (χ1n) is 8.76. The minimum Gasteiger partial charge on any atom is -0.483 e. The lowest BCUT2D eigenvalue weighted by molar-refractivity contribution is -0.118. The molecule has 2 amide bonds. The molecule has 29 heavy (non-hydrogen) atoms. The zero-order valence-electron chi connectivity index (χ0n) is 15.5. The van der Waals surface area contributed by atoms with Crippen LogP contribution in [0, 0.1) is 6.92 Å². The van der Waals surface area contributed by atoms with E-state index in [4.69, 9.17) is 4.74 Å². The van der Waals surface area contributed by atoms with Gasteiger partial charge in [0.1, 0.15) is 5.75 Å². The van der Waals surface area contributed by atoms with E-state index in [2.05, 4.69) is 42.5 Å². The topological polar surface area (TPSA) is 67.4 Å². The van der Waals surface area contributed by atoms with Crippen molar-refractivity contribution in [3.8, 4) is 5.75 Å². The van der Waals surface area contributed by atoms with Crippen LogP contribution in [0.5, 0.6) is 5.75 Å². The van der Waals surface area contributed by atoms with Gasteiger partial charge in [0.05, 0.1) is 4.47 Å². The van der Waals surface area contributed by atoms with Crippen LogP contribution in [0.3, 0.4) is 0 Å². The monoisotopic (exact) mass is 516 g/mol. The molecule has 0 heterocycles. The minimum atomic E-state index is -0.281. The predicted octanol–water partition coefficient (Wildman–Crippen LogP) is 5.79. The normalized spacial score (nSPS) is 10.3. The standard InChI is InChI=1S/C22H18Br2N2O3/c1-14-3-2-4-15(11-14)22(28)26-18-8-6-17(7-9-18)25-21(27)13-29-20-10-5-16(23)12-19(20)24/h2-12H,13H2,1H3,(H,25,27)(H,26,28). The Balaban J connectivity index is 1.53. The molecule has 0 aliphatic rings. The van der Waals surface area contributed by atoms with Crippen molar-refractivity contribution in [2.45, 2.75) is 6.92 Å². The van der Waals surface area contributed by atoms with E-state index in [9.17, 15) is 9.59 Å². The molecule has 0 bridgehead atoms. The summed E-state index contributed by atoms with van der Waals surface area (Å²) >= 11 is 6.76. The summed E-state index contributed by atoms with van der Waals surface area (Å²) in [5.74, 6) is 0.118. The smallest absolute Gasteiger partial charge is 0.262 e. The molecule has 3 aromatic rings. The van der Waals surface area contributed by atoms with Gasteiger partial charge in [0.25, 0.3) is 11.8 Å². The molecule has 0 atom stereocenters. The first kappa shape index (κ1) is 21.1. The number of benzene rings is 3. The summed E-state index contributed by atoms with van der Waals surface area (Å²) in [7, 11) is 0. The van der Waals surface area contributed by atoms with Gasteiger partial charge in [-0.3, -0.25) is 9.59 Å². The lowest BCUT2D eigenvalue weighted by Gasteiger charge is -2.10. The molecule has 0 aliphatic carbocycles. The molecule has 7 heteroatoms. The summed E-state index contributed by atoms with van der Waals surface area (Å²) in [6.45, 7) is 1.82. The highest BCUT2D eigenvalue weighted by atomic mass is 79.9. The lowest BCUT2D eigenvalue weighted by Crippen LogP contribution is -2.20. The number of aryl methyl sites for hydroxylation is 1. The number of rotatable bonds is 6. The molecule has 0 radical (unpaired) electrons. The fourth-order valence-electron chi connectivity index (χ4n) is 2.56. The van der Waals surface area contributed by atoms with Gasteiger partial charge in [-0.25, -0.2) is 0 Å². The summed E-state index contributed by atoms with van der Waals surface area (Å²) in [6, 6.07) is 19.7. The third kappa shape index (κ3) is 6.17. The van der Waals surface area contributed by atoms with E-state index in [1.54, 1.807) is 36.4 Å². The van der Waals surface area contributed by atoms with Gasteiger partial charge in [0.2, 0.25) is 0 Å². The number of ether oxygens (including phenoxy) is 1. The summed E-state index contributed by atoms with van der Waals surface area (Å²) < 4.78 is 7.19. The molecule has 0 fully saturated rings. The highest BCUT2D eigenvalue weighted by molar-refractivity contribution is 9.11. The van der Waals surface area contributed by atoms with Gasteiger partial charge < -0.3 is 15.4 Å². The van der Waals surface area contributed by atoms with Gasteiger partial charge in [0, 0.05) is 21.4 Å². The van der Waals surface area contributed by atoms with Crippen molar-refractivity contribution in [1.82, 2.24) is 0 Å². The van der Waals surface area contributed by atoms with Crippen LogP contribution in [-0.2, 0) is 4.79 Å². The van der Waals surface area contributed by atoms with Crippen LogP contribution in [-0.4, -0.2) is 18.4 Å². The molecular formula is C22H18Br2N2O3. The van der Waals surface area contributed by atoms with Gasteiger partial charge in [0.15, 0.2) is 6.61 Å². The fourth-order valence-corrected chi connectivity index (χ4v) is 3.72. The quantitative estimate of drug-likeness (QED) is 0.435. The molecule has 0 spiro atoms. The van der Waals surface area contributed by atoms with Crippen molar-refractivity contribution in [3.05, 3.63) is 86.8 Å². The van der Waals surface area contributed by atoms with E-state index < -0.39 is 0 Å².